The van der Waals surface area contributed by atoms with E-state index in [1.165, 1.54) is 12.6 Å². The van der Waals surface area contributed by atoms with Crippen LogP contribution in [-0.4, -0.2) is 35.3 Å². The standard InChI is InChI=1S/C12H18N2O2/c1-9(2)14-4-3-10(7-14)5-12-13-6-11(8-15)16-12/h6,8-10H,3-5,7H2,1-2H3. The van der Waals surface area contributed by atoms with Gasteiger partial charge in [0.2, 0.25) is 0 Å². The topological polar surface area (TPSA) is 46.3 Å². The maximum absolute atomic E-state index is 10.5. The Balaban J connectivity index is 1.89. The lowest BCUT2D eigenvalue weighted by Crippen LogP contribution is -2.28. The van der Waals surface area contributed by atoms with E-state index >= 15 is 0 Å². The quantitative estimate of drug-likeness (QED) is 0.728. The molecule has 0 aliphatic carbocycles. The third-order valence-electron chi connectivity index (χ3n) is 3.20. The molecule has 4 nitrogen and oxygen atoms in total. The molecular weight excluding hydrogens is 204 g/mol. The van der Waals surface area contributed by atoms with Gasteiger partial charge in [0.15, 0.2) is 17.9 Å². The van der Waals surface area contributed by atoms with E-state index in [9.17, 15) is 4.79 Å². The Morgan fingerprint density at radius 2 is 2.50 bits per heavy atom. The van der Waals surface area contributed by atoms with E-state index < -0.39 is 0 Å². The van der Waals surface area contributed by atoms with E-state index in [-0.39, 0.29) is 0 Å². The number of rotatable bonds is 4. The Hall–Kier alpha value is -1.16. The molecule has 0 radical (unpaired) electrons. The van der Waals surface area contributed by atoms with Gasteiger partial charge in [-0.3, -0.25) is 4.79 Å². The second kappa shape index (κ2) is 4.78. The highest BCUT2D eigenvalue weighted by molar-refractivity contribution is 5.69. The lowest BCUT2D eigenvalue weighted by molar-refractivity contribution is 0.109. The predicted octanol–water partition coefficient (Wildman–Crippen LogP) is 1.76. The smallest absolute Gasteiger partial charge is 0.195 e. The SMILES string of the molecule is CC(C)N1CCC(Cc2ncc(C=O)o2)C1. The molecule has 1 aromatic heterocycles. The summed E-state index contributed by atoms with van der Waals surface area (Å²) in [5, 5.41) is 0. The van der Waals surface area contributed by atoms with Crippen molar-refractivity contribution in [1.82, 2.24) is 9.88 Å². The van der Waals surface area contributed by atoms with E-state index in [1.54, 1.807) is 0 Å². The second-order valence-electron chi connectivity index (χ2n) is 4.72. The Labute approximate surface area is 95.6 Å². The Morgan fingerprint density at radius 1 is 1.69 bits per heavy atom. The van der Waals surface area contributed by atoms with E-state index in [1.807, 2.05) is 0 Å². The Bertz CT molecular complexity index is 360. The van der Waals surface area contributed by atoms with Gasteiger partial charge in [0, 0.05) is 19.0 Å². The maximum Gasteiger partial charge on any atom is 0.195 e. The van der Waals surface area contributed by atoms with Crippen molar-refractivity contribution in [3.63, 3.8) is 0 Å². The first-order valence-electron chi connectivity index (χ1n) is 5.83. The van der Waals surface area contributed by atoms with Gasteiger partial charge in [-0.25, -0.2) is 4.98 Å². The number of hydrogen-bond donors (Lipinski definition) is 0. The van der Waals surface area contributed by atoms with Crippen LogP contribution in [0.1, 0.15) is 36.7 Å². The molecule has 0 spiro atoms. The number of nitrogens with zero attached hydrogens (tertiary/aromatic N) is 2. The van der Waals surface area contributed by atoms with Gasteiger partial charge in [0.05, 0.1) is 6.20 Å². The van der Waals surface area contributed by atoms with Crippen molar-refractivity contribution in [2.24, 2.45) is 5.92 Å². The third kappa shape index (κ3) is 2.50. The molecule has 1 fully saturated rings. The van der Waals surface area contributed by atoms with Gasteiger partial charge in [-0.2, -0.15) is 0 Å². The molecule has 1 aromatic rings. The molecule has 0 aromatic carbocycles. The van der Waals surface area contributed by atoms with Crippen LogP contribution < -0.4 is 0 Å². The van der Waals surface area contributed by atoms with Gasteiger partial charge in [-0.1, -0.05) is 0 Å². The van der Waals surface area contributed by atoms with Crippen molar-refractivity contribution < 1.29 is 9.21 Å². The van der Waals surface area contributed by atoms with E-state index in [0.717, 1.165) is 19.5 Å². The summed E-state index contributed by atoms with van der Waals surface area (Å²) in [4.78, 5) is 17.0. The summed E-state index contributed by atoms with van der Waals surface area (Å²) >= 11 is 0. The van der Waals surface area contributed by atoms with Crippen LogP contribution in [0.5, 0.6) is 0 Å². The van der Waals surface area contributed by atoms with Crippen molar-refractivity contribution in [3.05, 3.63) is 17.8 Å². The molecule has 2 heterocycles. The normalized spacial score (nSPS) is 21.8. The fraction of sp³-hybridized carbons (Fsp3) is 0.667. The van der Waals surface area contributed by atoms with Crippen LogP contribution in [-0.2, 0) is 6.42 Å². The molecule has 1 unspecified atom stereocenters. The largest absolute Gasteiger partial charge is 0.438 e. The summed E-state index contributed by atoms with van der Waals surface area (Å²) in [6.07, 6.45) is 4.23. The van der Waals surface area contributed by atoms with Crippen LogP contribution >= 0.6 is 0 Å². The first kappa shape index (κ1) is 11.3. The zero-order valence-electron chi connectivity index (χ0n) is 9.85. The lowest BCUT2D eigenvalue weighted by atomic mass is 10.1. The highest BCUT2D eigenvalue weighted by atomic mass is 16.4. The number of aldehydes is 1. The van der Waals surface area contributed by atoms with Gasteiger partial charge in [0.1, 0.15) is 0 Å². The van der Waals surface area contributed by atoms with Gasteiger partial charge in [-0.15, -0.1) is 0 Å². The molecule has 1 atom stereocenters. The molecule has 88 valence electrons. The maximum atomic E-state index is 10.5. The Kier molecular flexibility index (Phi) is 3.39. The highest BCUT2D eigenvalue weighted by Gasteiger charge is 2.25. The second-order valence-corrected chi connectivity index (χ2v) is 4.72. The van der Waals surface area contributed by atoms with Crippen LogP contribution in [0.25, 0.3) is 0 Å². The molecule has 2 rings (SSSR count). The zero-order valence-corrected chi connectivity index (χ0v) is 9.85. The lowest BCUT2D eigenvalue weighted by Gasteiger charge is -2.19. The average Bonchev–Trinajstić information content (AvgIpc) is 2.87. The minimum Gasteiger partial charge on any atom is -0.438 e. The first-order valence-corrected chi connectivity index (χ1v) is 5.83. The van der Waals surface area contributed by atoms with E-state index in [0.29, 0.717) is 29.9 Å². The van der Waals surface area contributed by atoms with Crippen LogP contribution in [0.15, 0.2) is 10.6 Å². The van der Waals surface area contributed by atoms with Crippen LogP contribution in [0.2, 0.25) is 0 Å². The first-order chi connectivity index (χ1) is 7.69. The number of hydrogen-bond acceptors (Lipinski definition) is 4. The number of aromatic nitrogens is 1. The predicted molar refractivity (Wildman–Crippen MR) is 60.4 cm³/mol. The van der Waals surface area contributed by atoms with Crippen LogP contribution in [0, 0.1) is 5.92 Å². The fourth-order valence-electron chi connectivity index (χ4n) is 2.22. The Morgan fingerprint density at radius 3 is 3.06 bits per heavy atom. The summed E-state index contributed by atoms with van der Waals surface area (Å²) in [6.45, 7) is 6.70. The molecule has 0 bridgehead atoms. The monoisotopic (exact) mass is 222 g/mol. The summed E-state index contributed by atoms with van der Waals surface area (Å²) in [5.41, 5.74) is 0. The average molecular weight is 222 g/mol. The zero-order chi connectivity index (χ0) is 11.5. The van der Waals surface area contributed by atoms with E-state index in [4.69, 9.17) is 4.42 Å². The molecule has 0 saturated carbocycles. The number of carbonyl (C=O) groups excluding carboxylic acids is 1. The van der Waals surface area contributed by atoms with Gasteiger partial charge in [0.25, 0.3) is 0 Å². The molecular formula is C12H18N2O2. The molecule has 1 aliphatic heterocycles. The summed E-state index contributed by atoms with van der Waals surface area (Å²) in [5.74, 6) is 1.63. The number of oxazole rings is 1. The minimum atomic E-state index is 0.328. The third-order valence-corrected chi connectivity index (χ3v) is 3.20. The summed E-state index contributed by atoms with van der Waals surface area (Å²) in [6, 6.07) is 0.611. The highest BCUT2D eigenvalue weighted by Crippen LogP contribution is 2.22. The summed E-state index contributed by atoms with van der Waals surface area (Å²) < 4.78 is 5.29. The van der Waals surface area contributed by atoms with Gasteiger partial charge in [-0.05, 0) is 32.7 Å². The molecule has 16 heavy (non-hydrogen) atoms. The number of likely N-dealkylation sites (tertiary alicyclic amines) is 1. The van der Waals surface area contributed by atoms with Crippen LogP contribution in [0.4, 0.5) is 0 Å². The van der Waals surface area contributed by atoms with Crippen molar-refractivity contribution in [3.8, 4) is 0 Å². The fourth-order valence-corrected chi connectivity index (χ4v) is 2.22. The van der Waals surface area contributed by atoms with E-state index in [2.05, 4.69) is 23.7 Å². The van der Waals surface area contributed by atoms with Gasteiger partial charge < -0.3 is 9.32 Å². The van der Waals surface area contributed by atoms with Crippen molar-refractivity contribution in [2.45, 2.75) is 32.7 Å². The van der Waals surface area contributed by atoms with Crippen molar-refractivity contribution >= 4 is 6.29 Å². The van der Waals surface area contributed by atoms with Crippen LogP contribution in [0.3, 0.4) is 0 Å². The van der Waals surface area contributed by atoms with Gasteiger partial charge >= 0.3 is 0 Å². The summed E-state index contributed by atoms with van der Waals surface area (Å²) in [7, 11) is 0. The van der Waals surface area contributed by atoms with Crippen molar-refractivity contribution in [1.29, 1.82) is 0 Å². The molecule has 1 saturated heterocycles. The van der Waals surface area contributed by atoms with Crippen molar-refractivity contribution in [2.75, 3.05) is 13.1 Å². The molecule has 4 heteroatoms. The molecule has 1 aliphatic rings. The molecule has 0 N–H and O–H groups in total. The molecule has 0 amide bonds. The minimum absolute atomic E-state index is 0.328. The number of carbonyl (C=O) groups is 1.